The lowest BCUT2D eigenvalue weighted by Gasteiger charge is -2.30. The van der Waals surface area contributed by atoms with Crippen LogP contribution in [0.25, 0.3) is 28.0 Å². The second-order valence-electron chi connectivity index (χ2n) is 10.1. The summed E-state index contributed by atoms with van der Waals surface area (Å²) in [7, 11) is 0. The summed E-state index contributed by atoms with van der Waals surface area (Å²) < 4.78 is 0. The zero-order chi connectivity index (χ0) is 29.6. The van der Waals surface area contributed by atoms with Gasteiger partial charge in [0.1, 0.15) is 0 Å². The molecule has 1 heterocycles. The molecule has 0 radical (unpaired) electrons. The maximum atomic E-state index is 5.67. The Balaban J connectivity index is 1.85. The molecule has 3 aromatic rings. The average Bonchev–Trinajstić information content (AvgIpc) is 3.29. The van der Waals surface area contributed by atoms with E-state index in [1.54, 1.807) is 12.2 Å². The molecule has 0 spiro atoms. The Hall–Kier alpha value is -4.79. The summed E-state index contributed by atoms with van der Waals surface area (Å²) in [6, 6.07) is 19.9. The van der Waals surface area contributed by atoms with E-state index in [0.29, 0.717) is 6.54 Å². The molecule has 2 heteroatoms. The lowest BCUT2D eigenvalue weighted by Crippen LogP contribution is -2.24. The Kier molecular flexibility index (Phi) is 11.0. The van der Waals surface area contributed by atoms with E-state index in [1.165, 1.54) is 27.8 Å². The van der Waals surface area contributed by atoms with Crippen molar-refractivity contribution in [1.82, 2.24) is 4.98 Å². The molecular formula is C40H40N2. The third-order valence-corrected chi connectivity index (χ3v) is 7.46. The number of nitrogens with zero attached hydrogens (tertiary/aromatic N) is 1. The average molecular weight is 549 g/mol. The topological polar surface area (TPSA) is 38.9 Å². The van der Waals surface area contributed by atoms with Gasteiger partial charge in [0.15, 0.2) is 0 Å². The van der Waals surface area contributed by atoms with E-state index in [4.69, 9.17) is 10.7 Å². The normalized spacial score (nSPS) is 14.7. The standard InChI is InChI=1S/C40H40N2/c1-4-7-9-11-14-26-40(27-15-12-10-8-5-2)37-23-18-29-42-39(37)36-25-24-35(31-38(36)40)34-22-17-21-33(30-34)32(19-6-3)20-13-16-28-41/h4-25,29-31H,1-2,26-28,41H2,3H3/b9-7-,10-8-,14-11-,15-12-,16-13+,19-6-,32-20+. The molecule has 42 heavy (non-hydrogen) atoms. The van der Waals surface area contributed by atoms with Gasteiger partial charge in [-0.15, -0.1) is 0 Å². The van der Waals surface area contributed by atoms with Crippen molar-refractivity contribution in [2.24, 2.45) is 5.73 Å². The van der Waals surface area contributed by atoms with Crippen molar-refractivity contribution in [3.63, 3.8) is 0 Å². The van der Waals surface area contributed by atoms with Gasteiger partial charge in [0.2, 0.25) is 0 Å². The van der Waals surface area contributed by atoms with Crippen molar-refractivity contribution in [3.05, 3.63) is 182 Å². The van der Waals surface area contributed by atoms with Gasteiger partial charge >= 0.3 is 0 Å². The van der Waals surface area contributed by atoms with E-state index in [9.17, 15) is 0 Å². The second-order valence-corrected chi connectivity index (χ2v) is 10.1. The number of fused-ring (bicyclic) bond motifs is 3. The fraction of sp³-hybridized carbons (Fsp3) is 0.125. The number of pyridine rings is 1. The van der Waals surface area contributed by atoms with Crippen molar-refractivity contribution in [3.8, 4) is 22.4 Å². The van der Waals surface area contributed by atoms with Gasteiger partial charge in [-0.2, -0.15) is 0 Å². The summed E-state index contributed by atoms with van der Waals surface area (Å²) in [6.07, 6.45) is 34.2. The molecule has 0 saturated heterocycles. The van der Waals surface area contributed by atoms with Gasteiger partial charge < -0.3 is 5.73 Å². The molecule has 0 saturated carbocycles. The highest BCUT2D eigenvalue weighted by molar-refractivity contribution is 5.83. The Labute approximate surface area is 251 Å². The first kappa shape index (κ1) is 30.2. The van der Waals surface area contributed by atoms with Crippen molar-refractivity contribution < 1.29 is 0 Å². The maximum Gasteiger partial charge on any atom is 0.0746 e. The van der Waals surface area contributed by atoms with Crippen LogP contribution in [0.15, 0.2) is 165 Å². The first-order valence-electron chi connectivity index (χ1n) is 14.5. The van der Waals surface area contributed by atoms with Crippen molar-refractivity contribution in [2.75, 3.05) is 6.54 Å². The highest BCUT2D eigenvalue weighted by Crippen LogP contribution is 2.53. The third kappa shape index (κ3) is 6.91. The zero-order valence-corrected chi connectivity index (χ0v) is 24.5. The molecule has 2 aromatic carbocycles. The Morgan fingerprint density at radius 3 is 2.21 bits per heavy atom. The van der Waals surface area contributed by atoms with Gasteiger partial charge in [-0.3, -0.25) is 4.98 Å². The molecule has 0 fully saturated rings. The number of hydrogen-bond donors (Lipinski definition) is 1. The largest absolute Gasteiger partial charge is 0.327 e. The van der Waals surface area contributed by atoms with Crippen LogP contribution in [0, 0.1) is 0 Å². The number of hydrogen-bond acceptors (Lipinski definition) is 2. The first-order chi connectivity index (χ1) is 20.7. The number of nitrogens with two attached hydrogens (primary N) is 1. The summed E-state index contributed by atoms with van der Waals surface area (Å²) in [6.45, 7) is 10.1. The highest BCUT2D eigenvalue weighted by Gasteiger charge is 2.42. The van der Waals surface area contributed by atoms with E-state index in [-0.39, 0.29) is 5.41 Å². The number of benzene rings is 2. The van der Waals surface area contributed by atoms with E-state index in [0.717, 1.165) is 29.7 Å². The molecule has 1 aliphatic carbocycles. The van der Waals surface area contributed by atoms with Crippen molar-refractivity contribution in [1.29, 1.82) is 0 Å². The quantitative estimate of drug-likeness (QED) is 0.216. The monoisotopic (exact) mass is 548 g/mol. The van der Waals surface area contributed by atoms with Gasteiger partial charge in [-0.25, -0.2) is 0 Å². The van der Waals surface area contributed by atoms with Crippen LogP contribution in [0.2, 0.25) is 0 Å². The summed E-state index contributed by atoms with van der Waals surface area (Å²) in [4.78, 5) is 4.87. The van der Waals surface area contributed by atoms with Crippen molar-refractivity contribution >= 4 is 5.57 Å². The summed E-state index contributed by atoms with van der Waals surface area (Å²) in [5.74, 6) is 0. The predicted molar refractivity (Wildman–Crippen MR) is 183 cm³/mol. The summed E-state index contributed by atoms with van der Waals surface area (Å²) in [5, 5.41) is 0. The first-order valence-corrected chi connectivity index (χ1v) is 14.5. The zero-order valence-electron chi connectivity index (χ0n) is 24.5. The molecule has 0 atom stereocenters. The molecule has 2 N–H and O–H groups in total. The van der Waals surface area contributed by atoms with E-state index < -0.39 is 0 Å². The van der Waals surface area contributed by atoms with Gasteiger partial charge in [-0.1, -0.05) is 141 Å². The summed E-state index contributed by atoms with van der Waals surface area (Å²) >= 11 is 0. The fourth-order valence-electron chi connectivity index (χ4n) is 5.54. The fourth-order valence-corrected chi connectivity index (χ4v) is 5.54. The van der Waals surface area contributed by atoms with Gasteiger partial charge in [0, 0.05) is 23.7 Å². The smallest absolute Gasteiger partial charge is 0.0746 e. The van der Waals surface area contributed by atoms with Gasteiger partial charge in [0.05, 0.1) is 5.69 Å². The Bertz CT molecular complexity index is 1570. The molecule has 1 aliphatic rings. The van der Waals surface area contributed by atoms with Crippen LogP contribution < -0.4 is 5.73 Å². The SMILES string of the molecule is C=C/C=C\C=C/CC1(C/C=C\C=C/C=C)c2cc(-c3cccc(C(/C=C\C)=C/C=C/CN)c3)ccc2-c2ncccc21. The summed E-state index contributed by atoms with van der Waals surface area (Å²) in [5.41, 5.74) is 15.0. The molecule has 2 nitrogen and oxygen atoms in total. The van der Waals surface area contributed by atoms with Crippen LogP contribution in [0.4, 0.5) is 0 Å². The Morgan fingerprint density at radius 2 is 1.52 bits per heavy atom. The minimum absolute atomic E-state index is 0.243. The maximum absolute atomic E-state index is 5.67. The van der Waals surface area contributed by atoms with Crippen molar-refractivity contribution in [2.45, 2.75) is 25.2 Å². The van der Waals surface area contributed by atoms with Crippen LogP contribution in [-0.2, 0) is 5.41 Å². The molecule has 1 aromatic heterocycles. The Morgan fingerprint density at radius 1 is 0.786 bits per heavy atom. The molecule has 4 rings (SSSR count). The second kappa shape index (κ2) is 15.3. The van der Waals surface area contributed by atoms with E-state index >= 15 is 0 Å². The van der Waals surface area contributed by atoms with Crippen LogP contribution in [0.5, 0.6) is 0 Å². The van der Waals surface area contributed by atoms with Crippen LogP contribution in [0.1, 0.15) is 36.5 Å². The lowest BCUT2D eigenvalue weighted by atomic mass is 9.72. The van der Waals surface area contributed by atoms with Crippen LogP contribution in [0.3, 0.4) is 0 Å². The molecule has 0 aliphatic heterocycles. The number of rotatable bonds is 13. The third-order valence-electron chi connectivity index (χ3n) is 7.46. The van der Waals surface area contributed by atoms with Gasteiger partial charge in [0.25, 0.3) is 0 Å². The van der Waals surface area contributed by atoms with E-state index in [1.807, 2.05) is 49.6 Å². The molecule has 0 amide bonds. The highest BCUT2D eigenvalue weighted by atomic mass is 14.7. The molecular weight excluding hydrogens is 508 g/mol. The minimum Gasteiger partial charge on any atom is -0.327 e. The molecule has 0 bridgehead atoms. The van der Waals surface area contributed by atoms with E-state index in [2.05, 4.69) is 110 Å². The van der Waals surface area contributed by atoms with Crippen LogP contribution >= 0.6 is 0 Å². The number of allylic oxidation sites excluding steroid dienone is 15. The predicted octanol–water partition coefficient (Wildman–Crippen LogP) is 9.87. The lowest BCUT2D eigenvalue weighted by molar-refractivity contribution is 0.541. The molecule has 210 valence electrons. The number of aromatic nitrogens is 1. The molecule has 0 unspecified atom stereocenters. The van der Waals surface area contributed by atoms with Gasteiger partial charge in [-0.05, 0) is 71.4 Å². The van der Waals surface area contributed by atoms with Crippen LogP contribution in [-0.4, -0.2) is 11.5 Å². The minimum atomic E-state index is -0.243.